The quantitative estimate of drug-likeness (QED) is 0.779. The summed E-state index contributed by atoms with van der Waals surface area (Å²) in [6.45, 7) is 6.22. The fourth-order valence-corrected chi connectivity index (χ4v) is 3.83. The molecule has 2 atom stereocenters. The Hall–Kier alpha value is -1.17. The van der Waals surface area contributed by atoms with E-state index in [2.05, 4.69) is 22.4 Å². The smallest absolute Gasteiger partial charge is 0.274 e. The minimum absolute atomic E-state index is 0.155. The Kier molecular flexibility index (Phi) is 4.96. The molecule has 5 nitrogen and oxygen atoms in total. The van der Waals surface area contributed by atoms with Gasteiger partial charge in [0.2, 0.25) is 0 Å². The van der Waals surface area contributed by atoms with Crippen LogP contribution < -0.4 is 11.1 Å². The van der Waals surface area contributed by atoms with Crippen molar-refractivity contribution < 1.29 is 4.79 Å². The van der Waals surface area contributed by atoms with Crippen molar-refractivity contribution in [2.45, 2.75) is 57.2 Å². The number of aromatic amines is 1. The number of rotatable bonds is 5. The Morgan fingerprint density at radius 2 is 2.30 bits per heavy atom. The van der Waals surface area contributed by atoms with Gasteiger partial charge in [0.1, 0.15) is 0 Å². The number of nitrogens with two attached hydrogens (primary N) is 1. The third-order valence-electron chi connectivity index (χ3n) is 3.75. The van der Waals surface area contributed by atoms with Crippen molar-refractivity contribution in [2.24, 2.45) is 0 Å². The van der Waals surface area contributed by atoms with Crippen LogP contribution in [0.1, 0.15) is 62.1 Å². The van der Waals surface area contributed by atoms with Gasteiger partial charge in [-0.2, -0.15) is 16.9 Å². The molecule has 1 aromatic rings. The van der Waals surface area contributed by atoms with Crippen LogP contribution in [0.3, 0.4) is 0 Å². The molecule has 0 aromatic carbocycles. The standard InChI is InChI=1S/C14H24N4OS/c1-4-20-10-6-5-9(7-10)16-14(19)13-11(15)12(8(2)3)17-18-13/h8-10H,4-7,15H2,1-3H3,(H,16,19)(H,17,18). The second-order valence-corrected chi connectivity index (χ2v) is 7.19. The van der Waals surface area contributed by atoms with Gasteiger partial charge in [0, 0.05) is 11.3 Å². The van der Waals surface area contributed by atoms with E-state index >= 15 is 0 Å². The normalized spacial score (nSPS) is 22.4. The van der Waals surface area contributed by atoms with E-state index in [4.69, 9.17) is 5.73 Å². The maximum atomic E-state index is 12.2. The van der Waals surface area contributed by atoms with Gasteiger partial charge < -0.3 is 11.1 Å². The van der Waals surface area contributed by atoms with Gasteiger partial charge in [-0.1, -0.05) is 20.8 Å². The van der Waals surface area contributed by atoms with E-state index in [1.807, 2.05) is 25.6 Å². The van der Waals surface area contributed by atoms with E-state index in [1.165, 1.54) is 6.42 Å². The Morgan fingerprint density at radius 3 is 2.90 bits per heavy atom. The van der Waals surface area contributed by atoms with E-state index in [0.29, 0.717) is 16.6 Å². The van der Waals surface area contributed by atoms with Gasteiger partial charge in [-0.05, 0) is 30.9 Å². The van der Waals surface area contributed by atoms with Gasteiger partial charge in [0.05, 0.1) is 11.4 Å². The van der Waals surface area contributed by atoms with Crippen LogP contribution in [0.4, 0.5) is 5.69 Å². The first-order valence-corrected chi connectivity index (χ1v) is 8.34. The minimum atomic E-state index is -0.155. The lowest BCUT2D eigenvalue weighted by Crippen LogP contribution is -2.33. The summed E-state index contributed by atoms with van der Waals surface area (Å²) in [5.41, 5.74) is 7.65. The monoisotopic (exact) mass is 296 g/mol. The number of carbonyl (C=O) groups is 1. The van der Waals surface area contributed by atoms with Crippen molar-refractivity contribution in [3.63, 3.8) is 0 Å². The number of thioether (sulfide) groups is 1. The molecule has 112 valence electrons. The van der Waals surface area contributed by atoms with Crippen molar-refractivity contribution in [3.8, 4) is 0 Å². The number of nitrogens with one attached hydrogen (secondary N) is 2. The molecule has 4 N–H and O–H groups in total. The van der Waals surface area contributed by atoms with Crippen LogP contribution in [0, 0.1) is 0 Å². The molecule has 1 fully saturated rings. The van der Waals surface area contributed by atoms with E-state index < -0.39 is 0 Å². The summed E-state index contributed by atoms with van der Waals surface area (Å²) < 4.78 is 0. The predicted octanol–water partition coefficient (Wildman–Crippen LogP) is 2.52. The zero-order chi connectivity index (χ0) is 14.7. The lowest BCUT2D eigenvalue weighted by molar-refractivity contribution is 0.0934. The molecule has 1 aliphatic carbocycles. The fourth-order valence-electron chi connectivity index (χ4n) is 2.69. The molecular weight excluding hydrogens is 272 g/mol. The molecule has 1 aliphatic rings. The van der Waals surface area contributed by atoms with E-state index in [9.17, 15) is 4.79 Å². The summed E-state index contributed by atoms with van der Waals surface area (Å²) in [6.07, 6.45) is 3.27. The van der Waals surface area contributed by atoms with Crippen LogP contribution >= 0.6 is 11.8 Å². The lowest BCUT2D eigenvalue weighted by atomic mass is 10.1. The molecule has 6 heteroatoms. The van der Waals surface area contributed by atoms with Gasteiger partial charge in [0.25, 0.3) is 5.91 Å². The van der Waals surface area contributed by atoms with Crippen LogP contribution in [0.5, 0.6) is 0 Å². The SMILES string of the molecule is CCSC1CCC(NC(=O)c2n[nH]c(C(C)C)c2N)C1. The topological polar surface area (TPSA) is 83.8 Å². The Morgan fingerprint density at radius 1 is 1.55 bits per heavy atom. The van der Waals surface area contributed by atoms with Crippen molar-refractivity contribution in [1.29, 1.82) is 0 Å². The molecule has 0 aliphatic heterocycles. The lowest BCUT2D eigenvalue weighted by Gasteiger charge is -2.12. The van der Waals surface area contributed by atoms with Crippen molar-refractivity contribution in [2.75, 3.05) is 11.5 Å². The van der Waals surface area contributed by atoms with Gasteiger partial charge in [-0.25, -0.2) is 0 Å². The van der Waals surface area contributed by atoms with E-state index in [-0.39, 0.29) is 17.9 Å². The molecule has 20 heavy (non-hydrogen) atoms. The number of hydrogen-bond donors (Lipinski definition) is 3. The highest BCUT2D eigenvalue weighted by Gasteiger charge is 2.27. The summed E-state index contributed by atoms with van der Waals surface area (Å²) in [5, 5.41) is 10.7. The van der Waals surface area contributed by atoms with Crippen molar-refractivity contribution in [1.82, 2.24) is 15.5 Å². The van der Waals surface area contributed by atoms with E-state index in [1.54, 1.807) is 0 Å². The van der Waals surface area contributed by atoms with Crippen LogP contribution in [0.25, 0.3) is 0 Å². The predicted molar refractivity (Wildman–Crippen MR) is 84.1 cm³/mol. The zero-order valence-electron chi connectivity index (χ0n) is 12.4. The van der Waals surface area contributed by atoms with Crippen molar-refractivity contribution >= 4 is 23.4 Å². The number of nitrogens with zero attached hydrogens (tertiary/aromatic N) is 1. The molecule has 1 amide bonds. The van der Waals surface area contributed by atoms with Crippen LogP contribution in [0.2, 0.25) is 0 Å². The first-order valence-electron chi connectivity index (χ1n) is 7.29. The second-order valence-electron chi connectivity index (χ2n) is 5.62. The van der Waals surface area contributed by atoms with Crippen molar-refractivity contribution in [3.05, 3.63) is 11.4 Å². The first kappa shape index (κ1) is 15.2. The third-order valence-corrected chi connectivity index (χ3v) is 4.98. The molecular formula is C14H24N4OS. The van der Waals surface area contributed by atoms with E-state index in [0.717, 1.165) is 24.3 Å². The second kappa shape index (κ2) is 6.52. The molecule has 0 spiro atoms. The number of nitrogen functional groups attached to an aromatic ring is 1. The molecule has 1 saturated carbocycles. The average molecular weight is 296 g/mol. The average Bonchev–Trinajstić information content (AvgIpc) is 2.96. The van der Waals surface area contributed by atoms with Crippen LogP contribution in [-0.4, -0.2) is 33.1 Å². The number of aromatic nitrogens is 2. The van der Waals surface area contributed by atoms with Gasteiger partial charge >= 0.3 is 0 Å². The maximum absolute atomic E-state index is 12.2. The Labute approximate surface area is 124 Å². The summed E-state index contributed by atoms with van der Waals surface area (Å²) in [5.74, 6) is 1.22. The van der Waals surface area contributed by atoms with Gasteiger partial charge in [0.15, 0.2) is 5.69 Å². The number of H-pyrrole nitrogens is 1. The van der Waals surface area contributed by atoms with Gasteiger partial charge in [-0.15, -0.1) is 0 Å². The summed E-state index contributed by atoms with van der Waals surface area (Å²) >= 11 is 1.98. The highest BCUT2D eigenvalue weighted by molar-refractivity contribution is 7.99. The fraction of sp³-hybridized carbons (Fsp3) is 0.714. The number of amides is 1. The summed E-state index contributed by atoms with van der Waals surface area (Å²) in [4.78, 5) is 12.2. The molecule has 0 radical (unpaired) electrons. The first-order chi connectivity index (χ1) is 9.52. The van der Waals surface area contributed by atoms with Crippen LogP contribution in [0.15, 0.2) is 0 Å². The highest BCUT2D eigenvalue weighted by Crippen LogP contribution is 2.30. The molecule has 0 bridgehead atoms. The van der Waals surface area contributed by atoms with Crippen LogP contribution in [-0.2, 0) is 0 Å². The number of hydrogen-bond acceptors (Lipinski definition) is 4. The maximum Gasteiger partial charge on any atom is 0.274 e. The molecule has 2 rings (SSSR count). The number of anilines is 1. The molecule has 0 saturated heterocycles. The zero-order valence-corrected chi connectivity index (χ0v) is 13.2. The minimum Gasteiger partial charge on any atom is -0.395 e. The number of carbonyl (C=O) groups excluding carboxylic acids is 1. The largest absolute Gasteiger partial charge is 0.395 e. The Balaban J connectivity index is 1.96. The summed E-state index contributed by atoms with van der Waals surface area (Å²) in [7, 11) is 0. The summed E-state index contributed by atoms with van der Waals surface area (Å²) in [6, 6.07) is 0.255. The van der Waals surface area contributed by atoms with Gasteiger partial charge in [-0.3, -0.25) is 9.89 Å². The molecule has 2 unspecified atom stereocenters. The Bertz CT molecular complexity index is 472. The third kappa shape index (κ3) is 3.29. The molecule has 1 heterocycles. The highest BCUT2D eigenvalue weighted by atomic mass is 32.2. The molecule has 1 aromatic heterocycles.